The molecule has 3 rings (SSSR count). The summed E-state index contributed by atoms with van der Waals surface area (Å²) >= 11 is 0. The van der Waals surface area contributed by atoms with E-state index in [1.165, 1.54) is 4.40 Å². The van der Waals surface area contributed by atoms with Gasteiger partial charge in [-0.25, -0.2) is 4.40 Å². The zero-order valence-electron chi connectivity index (χ0n) is 10.2. The molecule has 0 amide bonds. The lowest BCUT2D eigenvalue weighted by Gasteiger charge is -2.00. The highest BCUT2D eigenvalue weighted by molar-refractivity contribution is 7.85. The third-order valence-corrected chi connectivity index (χ3v) is 3.67. The second-order valence-corrected chi connectivity index (χ2v) is 5.55. The van der Waals surface area contributed by atoms with Crippen molar-refractivity contribution in [3.63, 3.8) is 0 Å². The number of aryl methyl sites for hydroxylation is 1. The van der Waals surface area contributed by atoms with Crippen molar-refractivity contribution in [1.29, 1.82) is 0 Å². The number of imidazole rings is 1. The number of nitrogens with zero attached hydrogens (tertiary/aromatic N) is 4. The van der Waals surface area contributed by atoms with E-state index >= 15 is 0 Å². The summed E-state index contributed by atoms with van der Waals surface area (Å²) in [4.78, 5) is 0. The molecule has 7 nitrogen and oxygen atoms in total. The average Bonchev–Trinajstić information content (AvgIpc) is 2.90. The Morgan fingerprint density at radius 3 is 2.53 bits per heavy atom. The van der Waals surface area contributed by atoms with Crippen LogP contribution in [0.2, 0.25) is 0 Å². The Morgan fingerprint density at radius 1 is 1.21 bits per heavy atom. The fourth-order valence-electron chi connectivity index (χ4n) is 2.25. The molecule has 0 atom stereocenters. The van der Waals surface area contributed by atoms with Gasteiger partial charge < -0.3 is 4.57 Å². The van der Waals surface area contributed by atoms with Crippen LogP contribution < -0.4 is 0 Å². The molecule has 1 N–H and O–H groups in total. The van der Waals surface area contributed by atoms with E-state index in [-0.39, 0.29) is 0 Å². The van der Waals surface area contributed by atoms with Gasteiger partial charge in [-0.15, -0.1) is 10.2 Å². The second-order valence-electron chi connectivity index (χ2n) is 4.23. The minimum Gasteiger partial charge on any atom is -0.308 e. The minimum atomic E-state index is -4.40. The molecule has 2 heterocycles. The van der Waals surface area contributed by atoms with Gasteiger partial charge in [0.15, 0.2) is 0 Å². The quantitative estimate of drug-likeness (QED) is 0.731. The monoisotopic (exact) mass is 280 g/mol. The van der Waals surface area contributed by atoms with Crippen molar-refractivity contribution >= 4 is 26.9 Å². The summed E-state index contributed by atoms with van der Waals surface area (Å²) in [7, 11) is -4.40. The van der Waals surface area contributed by atoms with Crippen LogP contribution in [0.1, 0.15) is 13.3 Å². The molecule has 0 spiro atoms. The van der Waals surface area contributed by atoms with Crippen molar-refractivity contribution in [2.24, 2.45) is 0 Å². The molecule has 0 radical (unpaired) electrons. The lowest BCUT2D eigenvalue weighted by atomic mass is 10.3. The third kappa shape index (κ3) is 1.71. The molecule has 0 unspecified atom stereocenters. The number of hydrogen-bond acceptors (Lipinski definition) is 4. The molecule has 8 heteroatoms. The normalized spacial score (nSPS) is 12.5. The van der Waals surface area contributed by atoms with Gasteiger partial charge in [-0.1, -0.05) is 19.1 Å². The molecular formula is C11H12N4O3S. The Morgan fingerprint density at radius 2 is 1.89 bits per heavy atom. The summed E-state index contributed by atoms with van der Waals surface area (Å²) in [6, 6.07) is 7.32. The van der Waals surface area contributed by atoms with Crippen molar-refractivity contribution in [1.82, 2.24) is 19.2 Å². The Bertz CT molecular complexity index is 863. The summed E-state index contributed by atoms with van der Waals surface area (Å²) < 4.78 is 35.1. The lowest BCUT2D eigenvalue weighted by molar-refractivity contribution is 0.473. The van der Waals surface area contributed by atoms with Crippen molar-refractivity contribution in [3.8, 4) is 0 Å². The van der Waals surface area contributed by atoms with Crippen LogP contribution in [-0.2, 0) is 16.7 Å². The summed E-state index contributed by atoms with van der Waals surface area (Å²) in [6.45, 7) is 2.71. The van der Waals surface area contributed by atoms with Crippen LogP contribution >= 0.6 is 0 Å². The first-order valence-electron chi connectivity index (χ1n) is 5.84. The van der Waals surface area contributed by atoms with E-state index in [0.717, 1.165) is 11.9 Å². The van der Waals surface area contributed by atoms with E-state index in [2.05, 4.69) is 10.2 Å². The van der Waals surface area contributed by atoms with Crippen molar-refractivity contribution in [3.05, 3.63) is 24.3 Å². The topological polar surface area (TPSA) is 89.5 Å². The first-order valence-corrected chi connectivity index (χ1v) is 7.28. The van der Waals surface area contributed by atoms with Gasteiger partial charge >= 0.3 is 10.1 Å². The zero-order chi connectivity index (χ0) is 13.6. The van der Waals surface area contributed by atoms with Crippen molar-refractivity contribution in [2.75, 3.05) is 0 Å². The van der Waals surface area contributed by atoms with E-state index in [9.17, 15) is 13.0 Å². The van der Waals surface area contributed by atoms with E-state index in [1.54, 1.807) is 12.1 Å². The van der Waals surface area contributed by atoms with Gasteiger partial charge in [0.05, 0.1) is 11.0 Å². The Kier molecular flexibility index (Phi) is 2.58. The number of fused-ring (bicyclic) bond motifs is 3. The maximum Gasteiger partial charge on any atom is 0.331 e. The number of aromatic nitrogens is 4. The number of rotatable bonds is 3. The molecule has 0 fully saturated rings. The second kappa shape index (κ2) is 4.04. The van der Waals surface area contributed by atoms with E-state index < -0.39 is 15.3 Å². The van der Waals surface area contributed by atoms with Crippen LogP contribution in [0.5, 0.6) is 0 Å². The van der Waals surface area contributed by atoms with Gasteiger partial charge in [0.2, 0.25) is 5.78 Å². The maximum atomic E-state index is 11.3. The average molecular weight is 280 g/mol. The molecule has 0 aliphatic heterocycles. The Balaban J connectivity index is 2.51. The van der Waals surface area contributed by atoms with E-state index in [0.29, 0.717) is 17.8 Å². The third-order valence-electron chi connectivity index (χ3n) is 2.95. The van der Waals surface area contributed by atoms with E-state index in [1.807, 2.05) is 23.6 Å². The first kappa shape index (κ1) is 12.1. The van der Waals surface area contributed by atoms with Crippen LogP contribution in [0.15, 0.2) is 29.4 Å². The van der Waals surface area contributed by atoms with Crippen molar-refractivity contribution in [2.45, 2.75) is 25.0 Å². The maximum absolute atomic E-state index is 11.3. The Hall–Kier alpha value is -1.93. The summed E-state index contributed by atoms with van der Waals surface area (Å²) in [5.41, 5.74) is 1.52. The van der Waals surface area contributed by atoms with Gasteiger partial charge in [0.1, 0.15) is 0 Å². The molecule has 0 saturated carbocycles. The van der Waals surface area contributed by atoms with Crippen LogP contribution in [0.3, 0.4) is 0 Å². The van der Waals surface area contributed by atoms with E-state index in [4.69, 9.17) is 0 Å². The van der Waals surface area contributed by atoms with Gasteiger partial charge in [-0.05, 0) is 18.6 Å². The largest absolute Gasteiger partial charge is 0.331 e. The summed E-state index contributed by atoms with van der Waals surface area (Å²) in [6.07, 6.45) is 0.877. The van der Waals surface area contributed by atoms with Crippen LogP contribution in [-0.4, -0.2) is 32.1 Å². The first-order chi connectivity index (χ1) is 9.04. The molecule has 0 aliphatic rings. The molecule has 100 valence electrons. The van der Waals surface area contributed by atoms with Gasteiger partial charge in [-0.3, -0.25) is 4.55 Å². The van der Waals surface area contributed by atoms with Crippen LogP contribution in [0, 0.1) is 0 Å². The fraction of sp³-hybridized carbons (Fsp3) is 0.273. The van der Waals surface area contributed by atoms with Gasteiger partial charge in [-0.2, -0.15) is 8.42 Å². The predicted octanol–water partition coefficient (Wildman–Crippen LogP) is 1.34. The highest BCUT2D eigenvalue weighted by Crippen LogP contribution is 2.23. The Labute approximate surface area is 109 Å². The number of hydrogen-bond donors (Lipinski definition) is 1. The zero-order valence-corrected chi connectivity index (χ0v) is 11.0. The smallest absolute Gasteiger partial charge is 0.308 e. The van der Waals surface area contributed by atoms with Crippen LogP contribution in [0.4, 0.5) is 0 Å². The SMILES string of the molecule is CCCn1c2ccccc2n2c(S(=O)(=O)O)nnc12. The molecule has 0 saturated heterocycles. The van der Waals surface area contributed by atoms with Crippen LogP contribution in [0.25, 0.3) is 16.8 Å². The summed E-state index contributed by atoms with van der Waals surface area (Å²) in [5.74, 6) is 0.413. The molecule has 1 aromatic carbocycles. The summed E-state index contributed by atoms with van der Waals surface area (Å²) in [5, 5.41) is 7.00. The highest BCUT2D eigenvalue weighted by Gasteiger charge is 2.23. The van der Waals surface area contributed by atoms with Crippen molar-refractivity contribution < 1.29 is 13.0 Å². The highest BCUT2D eigenvalue weighted by atomic mass is 32.2. The molecule has 3 aromatic rings. The fourth-order valence-corrected chi connectivity index (χ4v) is 2.80. The molecule has 0 aliphatic carbocycles. The minimum absolute atomic E-state index is 0.413. The van der Waals surface area contributed by atoms with Gasteiger partial charge in [0.25, 0.3) is 5.16 Å². The number of benzene rings is 1. The number of para-hydroxylation sites is 2. The standard InChI is InChI=1S/C11H12N4O3S/c1-2-7-14-8-5-3-4-6-9(8)15-10(14)12-13-11(15)19(16,17)18/h3-6H,2,7H2,1H3,(H,16,17,18). The molecular weight excluding hydrogens is 268 g/mol. The predicted molar refractivity (Wildman–Crippen MR) is 68.6 cm³/mol. The molecule has 19 heavy (non-hydrogen) atoms. The molecule has 2 aromatic heterocycles. The lowest BCUT2D eigenvalue weighted by Crippen LogP contribution is -2.03. The van der Waals surface area contributed by atoms with Gasteiger partial charge in [0, 0.05) is 6.54 Å². The molecule has 0 bridgehead atoms.